The number of nitrogens with zero attached hydrogens (tertiary/aromatic N) is 1. The molecule has 0 aliphatic carbocycles. The van der Waals surface area contributed by atoms with Crippen molar-refractivity contribution < 1.29 is 9.53 Å². The Kier molecular flexibility index (Phi) is 1.97. The Morgan fingerprint density at radius 1 is 1.60 bits per heavy atom. The second-order valence-electron chi connectivity index (χ2n) is 1.65. The topological polar surface area (TPSA) is 38.7 Å². The van der Waals surface area contributed by atoms with Crippen molar-refractivity contribution in [1.29, 1.82) is 0 Å². The first-order valence-corrected chi connectivity index (χ1v) is 3.19. The van der Waals surface area contributed by atoms with Gasteiger partial charge in [-0.25, -0.2) is 9.79 Å². The van der Waals surface area contributed by atoms with Crippen molar-refractivity contribution >= 4 is 34.9 Å². The van der Waals surface area contributed by atoms with Crippen molar-refractivity contribution in [2.75, 3.05) is 0 Å². The van der Waals surface area contributed by atoms with Crippen LogP contribution in [0, 0.1) is 0 Å². The minimum atomic E-state index is -0.506. The number of aliphatic imine (C=N–C) groups is 1. The number of rotatable bonds is 0. The van der Waals surface area contributed by atoms with Crippen molar-refractivity contribution in [1.82, 2.24) is 0 Å². The van der Waals surface area contributed by atoms with Crippen LogP contribution in [0.15, 0.2) is 15.4 Å². The van der Waals surface area contributed by atoms with Crippen LogP contribution >= 0.6 is 23.2 Å². The largest absolute Gasteiger partial charge is 0.400 e. The Morgan fingerprint density at radius 3 is 2.40 bits per heavy atom. The number of ether oxygens (including phenoxy) is 1. The van der Waals surface area contributed by atoms with E-state index in [1.807, 2.05) is 0 Å². The van der Waals surface area contributed by atoms with Gasteiger partial charge in [-0.05, 0) is 6.92 Å². The number of carbonyl (C=O) groups is 1. The molecule has 0 unspecified atom stereocenters. The van der Waals surface area contributed by atoms with Crippen molar-refractivity contribution in [3.63, 3.8) is 0 Å². The van der Waals surface area contributed by atoms with E-state index in [2.05, 4.69) is 9.73 Å². The third-order valence-corrected chi connectivity index (χ3v) is 1.24. The molecule has 0 spiro atoms. The maximum Gasteiger partial charge on any atom is 0.359 e. The standard InChI is InChI=1S/C5H3Cl2NO2/c1-2-5(9)10-4(8-2)3(6)7/h1H3. The minimum absolute atomic E-state index is 0.0224. The number of hydrogen-bond acceptors (Lipinski definition) is 3. The second kappa shape index (κ2) is 2.60. The van der Waals surface area contributed by atoms with Crippen molar-refractivity contribution in [3.05, 3.63) is 10.4 Å². The highest BCUT2D eigenvalue weighted by molar-refractivity contribution is 6.56. The first kappa shape index (κ1) is 7.57. The van der Waals surface area contributed by atoms with Gasteiger partial charge in [0.1, 0.15) is 5.71 Å². The quantitative estimate of drug-likeness (QED) is 0.531. The van der Waals surface area contributed by atoms with Gasteiger partial charge < -0.3 is 4.74 Å². The predicted molar refractivity (Wildman–Crippen MR) is 37.9 cm³/mol. The number of hydrogen-bond donors (Lipinski definition) is 0. The molecule has 1 heterocycles. The molecule has 3 nitrogen and oxygen atoms in total. The highest BCUT2D eigenvalue weighted by Crippen LogP contribution is 2.20. The van der Waals surface area contributed by atoms with Gasteiger partial charge in [0.15, 0.2) is 4.49 Å². The summed E-state index contributed by atoms with van der Waals surface area (Å²) in [6, 6.07) is 0. The van der Waals surface area contributed by atoms with E-state index in [1.165, 1.54) is 6.92 Å². The van der Waals surface area contributed by atoms with Gasteiger partial charge in [-0.2, -0.15) is 0 Å². The fourth-order valence-electron chi connectivity index (χ4n) is 0.463. The number of esters is 1. The third-order valence-electron chi connectivity index (χ3n) is 0.916. The van der Waals surface area contributed by atoms with Crippen LogP contribution in [-0.2, 0) is 9.53 Å². The highest BCUT2D eigenvalue weighted by atomic mass is 35.5. The number of cyclic esters (lactones) is 1. The van der Waals surface area contributed by atoms with E-state index in [1.54, 1.807) is 0 Å². The first-order valence-electron chi connectivity index (χ1n) is 2.44. The summed E-state index contributed by atoms with van der Waals surface area (Å²) in [6.45, 7) is 1.52. The Hall–Kier alpha value is -0.540. The fraction of sp³-hybridized carbons (Fsp3) is 0.200. The lowest BCUT2D eigenvalue weighted by Gasteiger charge is -1.89. The zero-order valence-electron chi connectivity index (χ0n) is 5.02. The molecule has 0 aromatic carbocycles. The normalized spacial score (nSPS) is 16.9. The van der Waals surface area contributed by atoms with Gasteiger partial charge in [-0.3, -0.25) is 0 Å². The van der Waals surface area contributed by atoms with E-state index in [-0.39, 0.29) is 16.1 Å². The Labute approximate surface area is 67.3 Å². The van der Waals surface area contributed by atoms with Gasteiger partial charge in [-0.15, -0.1) is 0 Å². The minimum Gasteiger partial charge on any atom is -0.400 e. The molecular weight excluding hydrogens is 177 g/mol. The molecule has 5 heteroatoms. The summed E-state index contributed by atoms with van der Waals surface area (Å²) < 4.78 is 4.37. The van der Waals surface area contributed by atoms with Crippen molar-refractivity contribution in [2.45, 2.75) is 6.92 Å². The monoisotopic (exact) mass is 179 g/mol. The third kappa shape index (κ3) is 1.30. The average Bonchev–Trinajstić information content (AvgIpc) is 2.13. The molecule has 1 aliphatic heterocycles. The maximum absolute atomic E-state index is 10.6. The molecule has 0 atom stereocenters. The number of halogens is 2. The molecule has 0 amide bonds. The van der Waals surface area contributed by atoms with Crippen LogP contribution < -0.4 is 0 Å². The van der Waals surface area contributed by atoms with Gasteiger partial charge in [0.2, 0.25) is 0 Å². The summed E-state index contributed by atoms with van der Waals surface area (Å²) in [7, 11) is 0. The Morgan fingerprint density at radius 2 is 2.20 bits per heavy atom. The number of carbonyl (C=O) groups excluding carboxylic acids is 1. The second-order valence-corrected chi connectivity index (χ2v) is 2.60. The summed E-state index contributed by atoms with van der Waals surface area (Å²) in [5.41, 5.74) is 0.258. The highest BCUT2D eigenvalue weighted by Gasteiger charge is 2.20. The SMILES string of the molecule is CC1=NC(=C(Cl)Cl)OC1=O. The summed E-state index contributed by atoms with van der Waals surface area (Å²) in [5, 5.41) is 0. The van der Waals surface area contributed by atoms with Crippen LogP contribution in [0.4, 0.5) is 0 Å². The van der Waals surface area contributed by atoms with Crippen LogP contribution in [0.3, 0.4) is 0 Å². The zero-order valence-corrected chi connectivity index (χ0v) is 6.53. The molecule has 10 heavy (non-hydrogen) atoms. The lowest BCUT2D eigenvalue weighted by atomic mass is 10.5. The molecule has 54 valence electrons. The Balaban J connectivity index is 2.95. The summed E-state index contributed by atoms with van der Waals surface area (Å²) in [5.74, 6) is -0.528. The van der Waals surface area contributed by atoms with E-state index in [4.69, 9.17) is 23.2 Å². The first-order chi connectivity index (χ1) is 4.61. The zero-order chi connectivity index (χ0) is 7.72. The predicted octanol–water partition coefficient (Wildman–Crippen LogP) is 1.61. The van der Waals surface area contributed by atoms with Gasteiger partial charge in [0.25, 0.3) is 5.88 Å². The van der Waals surface area contributed by atoms with Crippen molar-refractivity contribution in [3.8, 4) is 0 Å². The molecule has 0 N–H and O–H groups in total. The van der Waals surface area contributed by atoms with E-state index in [9.17, 15) is 4.79 Å². The van der Waals surface area contributed by atoms with Gasteiger partial charge >= 0.3 is 5.97 Å². The molecule has 0 saturated carbocycles. The van der Waals surface area contributed by atoms with E-state index < -0.39 is 5.97 Å². The maximum atomic E-state index is 10.6. The fourth-order valence-corrected chi connectivity index (χ4v) is 0.625. The van der Waals surface area contributed by atoms with Gasteiger partial charge in [-0.1, -0.05) is 23.2 Å². The van der Waals surface area contributed by atoms with E-state index in [0.717, 1.165) is 0 Å². The average molecular weight is 180 g/mol. The van der Waals surface area contributed by atoms with E-state index in [0.29, 0.717) is 0 Å². The molecule has 0 fully saturated rings. The Bertz CT molecular complexity index is 240. The van der Waals surface area contributed by atoms with Gasteiger partial charge in [0, 0.05) is 0 Å². The molecule has 0 aromatic rings. The van der Waals surface area contributed by atoms with Crippen LogP contribution in [0.1, 0.15) is 6.92 Å². The van der Waals surface area contributed by atoms with Crippen LogP contribution in [-0.4, -0.2) is 11.7 Å². The molecule has 0 bridgehead atoms. The van der Waals surface area contributed by atoms with Crippen LogP contribution in [0.5, 0.6) is 0 Å². The van der Waals surface area contributed by atoms with E-state index >= 15 is 0 Å². The smallest absolute Gasteiger partial charge is 0.359 e. The molecule has 0 aromatic heterocycles. The molecule has 1 aliphatic rings. The van der Waals surface area contributed by atoms with Gasteiger partial charge in [0.05, 0.1) is 0 Å². The lowest BCUT2D eigenvalue weighted by Crippen LogP contribution is -2.04. The molecular formula is C5H3Cl2NO2. The summed E-state index contributed by atoms with van der Waals surface area (Å²) in [4.78, 5) is 14.2. The summed E-state index contributed by atoms with van der Waals surface area (Å²) >= 11 is 10.6. The summed E-state index contributed by atoms with van der Waals surface area (Å²) in [6.07, 6.45) is 0. The van der Waals surface area contributed by atoms with Crippen LogP contribution in [0.25, 0.3) is 0 Å². The van der Waals surface area contributed by atoms with Crippen LogP contribution in [0.2, 0.25) is 0 Å². The lowest BCUT2D eigenvalue weighted by molar-refractivity contribution is -0.130. The molecule has 1 rings (SSSR count). The molecule has 0 radical (unpaired) electrons. The molecule has 0 saturated heterocycles. The van der Waals surface area contributed by atoms with Crippen molar-refractivity contribution in [2.24, 2.45) is 4.99 Å².